The highest BCUT2D eigenvalue weighted by Gasteiger charge is 2.43. The maximum Gasteiger partial charge on any atom is 0.410 e. The van der Waals surface area contributed by atoms with Gasteiger partial charge in [-0.1, -0.05) is 69.3 Å². The number of hydrogen-bond donors (Lipinski definition) is 0. The minimum Gasteiger partial charge on any atom is -0.445 e. The molecule has 2 saturated heterocycles. The number of anilines is 1. The van der Waals surface area contributed by atoms with Gasteiger partial charge >= 0.3 is 6.09 Å². The van der Waals surface area contributed by atoms with Gasteiger partial charge in [-0.05, 0) is 47.6 Å². The number of nitrogens with zero attached hydrogens (tertiary/aromatic N) is 4. The van der Waals surface area contributed by atoms with E-state index in [9.17, 15) is 14.4 Å². The standard InChI is InChI=1S/C34H40N4O5/c1-34(2,3)27-13-15-28(16-14-27)38(30(26-11-7-17-35-23-26)32(40)36-19-21-42-22-20-36)31(39)29-12-8-18-37(29)33(41)43-24-25-9-5-4-6-10-25/h4-7,9-11,13-17,23,29-30H,8,12,18-22,24H2,1-3H3/t29-,30?/m1/s1. The highest BCUT2D eigenvalue weighted by molar-refractivity contribution is 6.04. The second kappa shape index (κ2) is 13.4. The fraction of sp³-hybridized carbons (Fsp3) is 0.412. The third-order valence-corrected chi connectivity index (χ3v) is 8.04. The summed E-state index contributed by atoms with van der Waals surface area (Å²) in [5, 5.41) is 0. The van der Waals surface area contributed by atoms with Gasteiger partial charge in [0.15, 0.2) is 0 Å². The van der Waals surface area contributed by atoms with Crippen LogP contribution in [-0.2, 0) is 31.1 Å². The molecule has 1 aromatic heterocycles. The number of hydrogen-bond acceptors (Lipinski definition) is 6. The summed E-state index contributed by atoms with van der Waals surface area (Å²) in [5.74, 6) is -0.533. The van der Waals surface area contributed by atoms with Crippen molar-refractivity contribution in [2.45, 2.75) is 57.7 Å². The van der Waals surface area contributed by atoms with E-state index in [0.717, 1.165) is 11.1 Å². The van der Waals surface area contributed by atoms with Gasteiger partial charge in [0.05, 0.1) is 13.2 Å². The Morgan fingerprint density at radius 2 is 1.70 bits per heavy atom. The molecule has 2 atom stereocenters. The third kappa shape index (κ3) is 7.05. The van der Waals surface area contributed by atoms with Gasteiger partial charge in [0.25, 0.3) is 11.8 Å². The van der Waals surface area contributed by atoms with E-state index >= 15 is 0 Å². The first kappa shape index (κ1) is 30.2. The Morgan fingerprint density at radius 1 is 0.977 bits per heavy atom. The lowest BCUT2D eigenvalue weighted by Crippen LogP contribution is -2.54. The molecule has 0 bridgehead atoms. The minimum atomic E-state index is -0.970. The van der Waals surface area contributed by atoms with Gasteiger partial charge in [0.2, 0.25) is 0 Å². The van der Waals surface area contributed by atoms with Crippen LogP contribution in [0.15, 0.2) is 79.1 Å². The number of pyridine rings is 1. The molecule has 9 heteroatoms. The van der Waals surface area contributed by atoms with E-state index in [2.05, 4.69) is 25.8 Å². The Morgan fingerprint density at radius 3 is 2.35 bits per heavy atom. The van der Waals surface area contributed by atoms with Crippen LogP contribution < -0.4 is 4.90 Å². The average Bonchev–Trinajstić information content (AvgIpc) is 3.53. The van der Waals surface area contributed by atoms with Gasteiger partial charge < -0.3 is 14.4 Å². The predicted octanol–water partition coefficient (Wildman–Crippen LogP) is 5.11. The lowest BCUT2D eigenvalue weighted by Gasteiger charge is -2.38. The van der Waals surface area contributed by atoms with E-state index in [1.807, 2.05) is 60.7 Å². The van der Waals surface area contributed by atoms with Crippen molar-refractivity contribution in [3.05, 3.63) is 95.8 Å². The van der Waals surface area contributed by atoms with Crippen LogP contribution in [0.3, 0.4) is 0 Å². The number of ether oxygens (including phenoxy) is 2. The van der Waals surface area contributed by atoms with Crippen LogP contribution in [-0.4, -0.2) is 71.6 Å². The summed E-state index contributed by atoms with van der Waals surface area (Å²) in [6, 6.07) is 19.1. The molecule has 2 aromatic carbocycles. The lowest BCUT2D eigenvalue weighted by molar-refractivity contribution is -0.139. The highest BCUT2D eigenvalue weighted by Crippen LogP contribution is 2.34. The molecule has 0 N–H and O–H groups in total. The Labute approximate surface area is 253 Å². The van der Waals surface area contributed by atoms with Crippen LogP contribution in [0.1, 0.15) is 56.3 Å². The third-order valence-electron chi connectivity index (χ3n) is 8.04. The molecule has 0 spiro atoms. The molecule has 3 amide bonds. The molecule has 5 rings (SSSR count). The minimum absolute atomic E-state index is 0.0928. The molecular weight excluding hydrogens is 544 g/mol. The van der Waals surface area contributed by atoms with Gasteiger partial charge in [-0.15, -0.1) is 0 Å². The predicted molar refractivity (Wildman–Crippen MR) is 163 cm³/mol. The van der Waals surface area contributed by atoms with Gasteiger partial charge in [0, 0.05) is 43.3 Å². The van der Waals surface area contributed by atoms with Gasteiger partial charge in [-0.3, -0.25) is 24.4 Å². The molecule has 3 aromatic rings. The van der Waals surface area contributed by atoms with Crippen molar-refractivity contribution >= 4 is 23.6 Å². The highest BCUT2D eigenvalue weighted by atomic mass is 16.6. The van der Waals surface area contributed by atoms with Crippen molar-refractivity contribution in [1.82, 2.24) is 14.8 Å². The van der Waals surface area contributed by atoms with Crippen molar-refractivity contribution in [3.8, 4) is 0 Å². The Kier molecular flexibility index (Phi) is 9.40. The normalized spacial score (nSPS) is 17.8. The molecule has 3 heterocycles. The molecule has 9 nitrogen and oxygen atoms in total. The van der Waals surface area contributed by atoms with E-state index in [1.165, 1.54) is 4.90 Å². The first-order valence-electron chi connectivity index (χ1n) is 14.9. The maximum absolute atomic E-state index is 14.7. The zero-order valence-electron chi connectivity index (χ0n) is 25.1. The summed E-state index contributed by atoms with van der Waals surface area (Å²) in [7, 11) is 0. The van der Waals surface area contributed by atoms with Crippen LogP contribution in [0.4, 0.5) is 10.5 Å². The van der Waals surface area contributed by atoms with Crippen molar-refractivity contribution in [2.75, 3.05) is 37.7 Å². The van der Waals surface area contributed by atoms with E-state index in [-0.39, 0.29) is 23.8 Å². The fourth-order valence-corrected chi connectivity index (χ4v) is 5.63. The van der Waals surface area contributed by atoms with Crippen LogP contribution in [0.5, 0.6) is 0 Å². The largest absolute Gasteiger partial charge is 0.445 e. The van der Waals surface area contributed by atoms with Gasteiger partial charge in [-0.2, -0.15) is 0 Å². The Hall–Kier alpha value is -4.24. The van der Waals surface area contributed by atoms with Crippen molar-refractivity contribution in [1.29, 1.82) is 0 Å². The van der Waals surface area contributed by atoms with Crippen LogP contribution >= 0.6 is 0 Å². The molecule has 226 valence electrons. The molecular formula is C34H40N4O5. The van der Waals surface area contributed by atoms with E-state index < -0.39 is 18.2 Å². The summed E-state index contributed by atoms with van der Waals surface area (Å²) in [6.45, 7) is 8.63. The van der Waals surface area contributed by atoms with Crippen LogP contribution in [0.25, 0.3) is 0 Å². The first-order chi connectivity index (χ1) is 20.7. The number of amides is 3. The molecule has 2 aliphatic rings. The summed E-state index contributed by atoms with van der Waals surface area (Å²) in [4.78, 5) is 51.4. The smallest absolute Gasteiger partial charge is 0.410 e. The van der Waals surface area contributed by atoms with Crippen molar-refractivity contribution in [3.63, 3.8) is 0 Å². The average molecular weight is 585 g/mol. The van der Waals surface area contributed by atoms with Crippen molar-refractivity contribution < 1.29 is 23.9 Å². The van der Waals surface area contributed by atoms with Gasteiger partial charge in [0.1, 0.15) is 18.7 Å². The maximum atomic E-state index is 14.7. The molecule has 2 fully saturated rings. The number of benzene rings is 2. The molecule has 0 saturated carbocycles. The summed E-state index contributed by atoms with van der Waals surface area (Å²) < 4.78 is 11.1. The van der Waals surface area contributed by atoms with Crippen LogP contribution in [0, 0.1) is 0 Å². The number of aromatic nitrogens is 1. The van der Waals surface area contributed by atoms with Crippen molar-refractivity contribution in [2.24, 2.45) is 0 Å². The molecule has 43 heavy (non-hydrogen) atoms. The SMILES string of the molecule is CC(C)(C)c1ccc(N(C(=O)[C@H]2CCCN2C(=O)OCc2ccccc2)C(C(=O)N2CCOCC2)c2cccnc2)cc1. The number of carbonyl (C=O) groups is 3. The molecule has 0 aliphatic carbocycles. The fourth-order valence-electron chi connectivity index (χ4n) is 5.63. The second-order valence-electron chi connectivity index (χ2n) is 12.0. The molecule has 0 radical (unpaired) electrons. The van der Waals surface area contributed by atoms with Crippen LogP contribution in [0.2, 0.25) is 0 Å². The first-order valence-corrected chi connectivity index (χ1v) is 14.9. The summed E-state index contributed by atoms with van der Waals surface area (Å²) >= 11 is 0. The molecule has 1 unspecified atom stereocenters. The quantitative estimate of drug-likeness (QED) is 0.383. The topological polar surface area (TPSA) is 92.3 Å². The van der Waals surface area contributed by atoms with E-state index in [1.54, 1.807) is 28.3 Å². The van der Waals surface area contributed by atoms with E-state index in [0.29, 0.717) is 56.9 Å². The monoisotopic (exact) mass is 584 g/mol. The summed E-state index contributed by atoms with van der Waals surface area (Å²) in [6.07, 6.45) is 3.86. The number of carbonyl (C=O) groups excluding carboxylic acids is 3. The second-order valence-corrected chi connectivity index (χ2v) is 12.0. The zero-order valence-corrected chi connectivity index (χ0v) is 25.1. The number of likely N-dealkylation sites (tertiary alicyclic amines) is 1. The molecule has 2 aliphatic heterocycles. The Balaban J connectivity index is 1.51. The number of rotatable bonds is 7. The zero-order chi connectivity index (χ0) is 30.4. The Bertz CT molecular complexity index is 1390. The van der Waals surface area contributed by atoms with Gasteiger partial charge in [-0.25, -0.2) is 4.79 Å². The summed E-state index contributed by atoms with van der Waals surface area (Å²) in [5.41, 5.74) is 3.06. The lowest BCUT2D eigenvalue weighted by atomic mass is 9.87. The number of morpholine rings is 1. The van der Waals surface area contributed by atoms with E-state index in [4.69, 9.17) is 9.47 Å².